The van der Waals surface area contributed by atoms with Gasteiger partial charge in [0.2, 0.25) is 0 Å². The quantitative estimate of drug-likeness (QED) is 0.703. The van der Waals surface area contributed by atoms with E-state index in [1.54, 1.807) is 27.2 Å². The summed E-state index contributed by atoms with van der Waals surface area (Å²) in [5.41, 5.74) is 3.42. The maximum atomic E-state index is 13.3. The SMILES string of the molecule is CCOC(=O)C1=C(CC)NC2=C(C(=O)CC(C)(C)C2)[C@@H]1c1ccc(OC)cc1OC. The molecule has 0 saturated heterocycles. The van der Waals surface area contributed by atoms with Crippen LogP contribution in [0.3, 0.4) is 0 Å². The Morgan fingerprint density at radius 2 is 1.90 bits per heavy atom. The molecule has 30 heavy (non-hydrogen) atoms. The number of Topliss-reactive ketones (excluding diaryl/α,β-unsaturated/α-hetero) is 1. The number of rotatable bonds is 6. The molecule has 1 N–H and O–H groups in total. The molecule has 0 bridgehead atoms. The zero-order valence-electron chi connectivity index (χ0n) is 18.7. The van der Waals surface area contributed by atoms with Crippen LogP contribution >= 0.6 is 0 Å². The maximum Gasteiger partial charge on any atom is 0.336 e. The number of benzene rings is 1. The fourth-order valence-corrected chi connectivity index (χ4v) is 4.45. The van der Waals surface area contributed by atoms with E-state index in [2.05, 4.69) is 19.2 Å². The van der Waals surface area contributed by atoms with Gasteiger partial charge in [0.25, 0.3) is 0 Å². The van der Waals surface area contributed by atoms with E-state index >= 15 is 0 Å². The van der Waals surface area contributed by atoms with E-state index in [0.717, 1.165) is 23.4 Å². The summed E-state index contributed by atoms with van der Waals surface area (Å²) in [6, 6.07) is 5.48. The molecule has 6 nitrogen and oxygen atoms in total. The smallest absolute Gasteiger partial charge is 0.336 e. The summed E-state index contributed by atoms with van der Waals surface area (Å²) >= 11 is 0. The van der Waals surface area contributed by atoms with Crippen molar-refractivity contribution in [3.05, 3.63) is 46.3 Å². The maximum absolute atomic E-state index is 13.3. The molecule has 0 saturated carbocycles. The van der Waals surface area contributed by atoms with Crippen molar-refractivity contribution in [3.8, 4) is 11.5 Å². The van der Waals surface area contributed by atoms with E-state index in [0.29, 0.717) is 35.5 Å². The Morgan fingerprint density at radius 3 is 2.50 bits per heavy atom. The number of esters is 1. The Hall–Kier alpha value is -2.76. The van der Waals surface area contributed by atoms with E-state index < -0.39 is 11.9 Å². The van der Waals surface area contributed by atoms with Crippen LogP contribution in [0.5, 0.6) is 11.5 Å². The number of hydrogen-bond donors (Lipinski definition) is 1. The fraction of sp³-hybridized carbons (Fsp3) is 0.500. The first kappa shape index (κ1) is 21.9. The molecule has 1 heterocycles. The highest BCUT2D eigenvalue weighted by atomic mass is 16.5. The van der Waals surface area contributed by atoms with Gasteiger partial charge in [-0.05, 0) is 31.2 Å². The third kappa shape index (κ3) is 3.95. The van der Waals surface area contributed by atoms with Gasteiger partial charge < -0.3 is 19.5 Å². The van der Waals surface area contributed by atoms with Gasteiger partial charge in [-0.25, -0.2) is 4.79 Å². The molecule has 3 rings (SSSR count). The molecule has 1 aromatic carbocycles. The minimum absolute atomic E-state index is 0.0496. The first-order valence-corrected chi connectivity index (χ1v) is 10.4. The van der Waals surface area contributed by atoms with Gasteiger partial charge in [-0.1, -0.05) is 26.8 Å². The lowest BCUT2D eigenvalue weighted by Crippen LogP contribution is -2.39. The van der Waals surface area contributed by atoms with Gasteiger partial charge in [-0.3, -0.25) is 4.79 Å². The van der Waals surface area contributed by atoms with Crippen LogP contribution < -0.4 is 14.8 Å². The lowest BCUT2D eigenvalue weighted by molar-refractivity contribution is -0.138. The molecule has 1 aromatic rings. The van der Waals surface area contributed by atoms with Gasteiger partial charge in [0.1, 0.15) is 11.5 Å². The second kappa shape index (κ2) is 8.54. The zero-order chi connectivity index (χ0) is 22.1. The highest BCUT2D eigenvalue weighted by molar-refractivity contribution is 6.04. The second-order valence-corrected chi connectivity index (χ2v) is 8.47. The van der Waals surface area contributed by atoms with Crippen molar-refractivity contribution >= 4 is 11.8 Å². The Labute approximate surface area is 178 Å². The molecular formula is C24H31NO5. The van der Waals surface area contributed by atoms with Crippen molar-refractivity contribution < 1.29 is 23.8 Å². The van der Waals surface area contributed by atoms with Gasteiger partial charge in [-0.2, -0.15) is 0 Å². The van der Waals surface area contributed by atoms with Crippen LogP contribution in [0.4, 0.5) is 0 Å². The minimum atomic E-state index is -0.542. The van der Waals surface area contributed by atoms with Crippen molar-refractivity contribution in [1.82, 2.24) is 5.32 Å². The van der Waals surface area contributed by atoms with E-state index in [1.165, 1.54) is 0 Å². The summed E-state index contributed by atoms with van der Waals surface area (Å²) in [7, 11) is 3.17. The van der Waals surface area contributed by atoms with Gasteiger partial charge in [0.05, 0.1) is 32.3 Å². The third-order valence-electron chi connectivity index (χ3n) is 5.72. The van der Waals surface area contributed by atoms with E-state index in [1.807, 2.05) is 19.1 Å². The van der Waals surface area contributed by atoms with E-state index in [-0.39, 0.29) is 17.8 Å². The summed E-state index contributed by atoms with van der Waals surface area (Å²) in [5.74, 6) is 0.317. The lowest BCUT2D eigenvalue weighted by Gasteiger charge is -2.40. The average Bonchev–Trinajstić information content (AvgIpc) is 2.70. The lowest BCUT2D eigenvalue weighted by atomic mass is 9.68. The van der Waals surface area contributed by atoms with E-state index in [9.17, 15) is 9.59 Å². The van der Waals surface area contributed by atoms with Crippen LogP contribution in [-0.2, 0) is 14.3 Å². The van der Waals surface area contributed by atoms with Crippen LogP contribution in [0.25, 0.3) is 0 Å². The monoisotopic (exact) mass is 413 g/mol. The molecule has 6 heteroatoms. The molecule has 0 fully saturated rings. The molecule has 0 spiro atoms. The van der Waals surface area contributed by atoms with Crippen LogP contribution in [0.2, 0.25) is 0 Å². The van der Waals surface area contributed by atoms with Crippen LogP contribution in [-0.4, -0.2) is 32.6 Å². The summed E-state index contributed by atoms with van der Waals surface area (Å²) in [5, 5.41) is 3.41. The highest BCUT2D eigenvalue weighted by Crippen LogP contribution is 2.49. The molecule has 1 aliphatic carbocycles. The Bertz CT molecular complexity index is 926. The van der Waals surface area contributed by atoms with Gasteiger partial charge in [-0.15, -0.1) is 0 Å². The number of dihydropyridines is 1. The Balaban J connectivity index is 2.27. The van der Waals surface area contributed by atoms with Crippen molar-refractivity contribution in [3.63, 3.8) is 0 Å². The molecule has 0 unspecified atom stereocenters. The highest BCUT2D eigenvalue weighted by Gasteiger charge is 2.44. The molecule has 162 valence electrons. The first-order valence-electron chi connectivity index (χ1n) is 10.4. The molecule has 1 atom stereocenters. The van der Waals surface area contributed by atoms with Crippen molar-refractivity contribution in [2.24, 2.45) is 5.41 Å². The predicted molar refractivity (Wildman–Crippen MR) is 114 cm³/mol. The number of methoxy groups -OCH3 is 2. The first-order chi connectivity index (χ1) is 14.3. The minimum Gasteiger partial charge on any atom is -0.497 e. The number of ketones is 1. The number of carbonyl (C=O) groups excluding carboxylic acids is 2. The van der Waals surface area contributed by atoms with Gasteiger partial charge >= 0.3 is 5.97 Å². The Morgan fingerprint density at radius 1 is 1.17 bits per heavy atom. The predicted octanol–water partition coefficient (Wildman–Crippen LogP) is 4.26. The zero-order valence-corrected chi connectivity index (χ0v) is 18.7. The average molecular weight is 414 g/mol. The standard InChI is InChI=1S/C24H31NO5/c1-7-16-22(23(27)30-8-2)20(15-10-9-14(28-5)11-19(15)29-6)21-17(25-16)12-24(3,4)13-18(21)26/h9-11,20,25H,7-8,12-13H2,1-6H3/t20-/m0/s1. The molecule has 0 aromatic heterocycles. The number of carbonyl (C=O) groups is 2. The molecular weight excluding hydrogens is 382 g/mol. The second-order valence-electron chi connectivity index (χ2n) is 8.47. The van der Waals surface area contributed by atoms with E-state index in [4.69, 9.17) is 14.2 Å². The molecule has 0 amide bonds. The summed E-state index contributed by atoms with van der Waals surface area (Å²) < 4.78 is 16.4. The summed E-state index contributed by atoms with van der Waals surface area (Å²) in [4.78, 5) is 26.4. The number of hydrogen-bond acceptors (Lipinski definition) is 6. The van der Waals surface area contributed by atoms with Crippen LogP contribution in [0, 0.1) is 5.41 Å². The number of ether oxygens (including phenoxy) is 3. The third-order valence-corrected chi connectivity index (χ3v) is 5.72. The number of nitrogens with one attached hydrogen (secondary N) is 1. The van der Waals surface area contributed by atoms with Crippen LogP contribution in [0.15, 0.2) is 40.7 Å². The van der Waals surface area contributed by atoms with Crippen LogP contribution in [0.1, 0.15) is 58.4 Å². The number of allylic oxidation sites excluding steroid dienone is 3. The normalized spacial score (nSPS) is 20.5. The largest absolute Gasteiger partial charge is 0.497 e. The van der Waals surface area contributed by atoms with Gasteiger partial charge in [0.15, 0.2) is 5.78 Å². The molecule has 0 radical (unpaired) electrons. The van der Waals surface area contributed by atoms with Crippen molar-refractivity contribution in [1.29, 1.82) is 0 Å². The van der Waals surface area contributed by atoms with Crippen molar-refractivity contribution in [2.75, 3.05) is 20.8 Å². The fourth-order valence-electron chi connectivity index (χ4n) is 4.45. The Kier molecular flexibility index (Phi) is 6.25. The summed E-state index contributed by atoms with van der Waals surface area (Å²) in [6.45, 7) is 8.22. The topological polar surface area (TPSA) is 73.9 Å². The summed E-state index contributed by atoms with van der Waals surface area (Å²) in [6.07, 6.45) is 1.79. The van der Waals surface area contributed by atoms with Crippen molar-refractivity contribution in [2.45, 2.75) is 52.9 Å². The van der Waals surface area contributed by atoms with Gasteiger partial charge in [0, 0.05) is 35.0 Å². The molecule has 1 aliphatic heterocycles. The molecule has 2 aliphatic rings.